The van der Waals surface area contributed by atoms with E-state index < -0.39 is 10.0 Å². The predicted octanol–water partition coefficient (Wildman–Crippen LogP) is 4.05. The first-order chi connectivity index (χ1) is 11.4. The van der Waals surface area contributed by atoms with Crippen molar-refractivity contribution in [3.8, 4) is 6.07 Å². The van der Waals surface area contributed by atoms with Gasteiger partial charge in [0.15, 0.2) is 0 Å². The Hall–Kier alpha value is -1.87. The quantitative estimate of drug-likeness (QED) is 0.829. The molecule has 0 saturated carbocycles. The number of nitriles is 1. The first-order valence-corrected chi connectivity index (χ1v) is 9.53. The second kappa shape index (κ2) is 6.56. The van der Waals surface area contributed by atoms with Crippen molar-refractivity contribution >= 4 is 21.6 Å². The smallest absolute Gasteiger partial charge is 0.207 e. The molecule has 1 atom stereocenters. The molecule has 124 valence electrons. The van der Waals surface area contributed by atoms with Gasteiger partial charge < -0.3 is 0 Å². The molecule has 0 radical (unpaired) electrons. The lowest BCUT2D eigenvalue weighted by Gasteiger charge is -2.24. The largest absolute Gasteiger partial charge is 0.243 e. The highest BCUT2D eigenvalue weighted by Gasteiger charge is 2.36. The van der Waals surface area contributed by atoms with E-state index in [1.165, 1.54) is 22.5 Å². The van der Waals surface area contributed by atoms with E-state index in [0.29, 0.717) is 6.54 Å². The molecule has 1 fully saturated rings. The van der Waals surface area contributed by atoms with Crippen molar-refractivity contribution in [2.75, 3.05) is 6.54 Å². The number of sulfonamides is 1. The van der Waals surface area contributed by atoms with Gasteiger partial charge in [-0.3, -0.25) is 0 Å². The first-order valence-electron chi connectivity index (χ1n) is 7.71. The van der Waals surface area contributed by atoms with E-state index >= 15 is 0 Å². The molecule has 0 aliphatic carbocycles. The van der Waals surface area contributed by atoms with E-state index in [1.54, 1.807) is 0 Å². The lowest BCUT2D eigenvalue weighted by molar-refractivity contribution is 0.396. The van der Waals surface area contributed by atoms with Crippen molar-refractivity contribution < 1.29 is 8.42 Å². The maximum absolute atomic E-state index is 13.0. The molecule has 0 N–H and O–H groups in total. The van der Waals surface area contributed by atoms with E-state index in [1.807, 2.05) is 37.3 Å². The highest BCUT2D eigenvalue weighted by atomic mass is 35.5. The van der Waals surface area contributed by atoms with E-state index in [4.69, 9.17) is 16.9 Å². The summed E-state index contributed by atoms with van der Waals surface area (Å²) in [4.78, 5) is 0.130. The zero-order valence-electron chi connectivity index (χ0n) is 13.2. The molecular formula is C18H17ClN2O2S. The fraction of sp³-hybridized carbons (Fsp3) is 0.278. The Labute approximate surface area is 147 Å². The summed E-state index contributed by atoms with van der Waals surface area (Å²) in [5, 5.41) is 9.10. The number of aryl methyl sites for hydroxylation is 1. The molecule has 2 aromatic rings. The van der Waals surface area contributed by atoms with Crippen LogP contribution in [0.4, 0.5) is 0 Å². The van der Waals surface area contributed by atoms with Crippen LogP contribution in [0.1, 0.15) is 35.6 Å². The van der Waals surface area contributed by atoms with Gasteiger partial charge in [0.25, 0.3) is 0 Å². The second-order valence-electron chi connectivity index (χ2n) is 5.94. The fourth-order valence-corrected chi connectivity index (χ4v) is 5.03. The SMILES string of the molecule is Cc1ccc(C2CCCN2S(=O)(=O)c2ccc(C#N)c(Cl)c2)cc1. The van der Waals surface area contributed by atoms with Gasteiger partial charge in [-0.05, 0) is 43.5 Å². The molecule has 3 rings (SSSR count). The number of benzene rings is 2. The molecule has 1 saturated heterocycles. The van der Waals surface area contributed by atoms with Crippen molar-refractivity contribution in [2.24, 2.45) is 0 Å². The molecule has 0 spiro atoms. The van der Waals surface area contributed by atoms with Gasteiger partial charge in [0, 0.05) is 6.54 Å². The zero-order valence-corrected chi connectivity index (χ0v) is 14.8. The van der Waals surface area contributed by atoms with Crippen LogP contribution in [-0.2, 0) is 10.0 Å². The highest BCUT2D eigenvalue weighted by Crippen LogP contribution is 2.37. The summed E-state index contributed by atoms with van der Waals surface area (Å²) in [6.07, 6.45) is 1.62. The maximum atomic E-state index is 13.0. The van der Waals surface area contributed by atoms with Gasteiger partial charge in [0.2, 0.25) is 10.0 Å². The monoisotopic (exact) mass is 360 g/mol. The minimum Gasteiger partial charge on any atom is -0.207 e. The Bertz CT molecular complexity index is 902. The maximum Gasteiger partial charge on any atom is 0.243 e. The molecular weight excluding hydrogens is 344 g/mol. The van der Waals surface area contributed by atoms with E-state index in [0.717, 1.165) is 24.0 Å². The fourth-order valence-electron chi connectivity index (χ4n) is 3.03. The summed E-state index contributed by atoms with van der Waals surface area (Å²) in [6, 6.07) is 14.0. The Kier molecular flexibility index (Phi) is 4.64. The molecule has 1 aliphatic rings. The second-order valence-corrected chi connectivity index (χ2v) is 8.24. The van der Waals surface area contributed by atoms with Gasteiger partial charge in [0.05, 0.1) is 21.5 Å². The van der Waals surface area contributed by atoms with Crippen LogP contribution in [-0.4, -0.2) is 19.3 Å². The number of hydrogen-bond acceptors (Lipinski definition) is 3. The molecule has 4 nitrogen and oxygen atoms in total. The number of nitrogens with zero attached hydrogens (tertiary/aromatic N) is 2. The molecule has 1 unspecified atom stereocenters. The van der Waals surface area contributed by atoms with Gasteiger partial charge in [-0.25, -0.2) is 8.42 Å². The van der Waals surface area contributed by atoms with E-state index in [-0.39, 0.29) is 21.5 Å². The Morgan fingerprint density at radius 3 is 2.54 bits per heavy atom. The Balaban J connectivity index is 1.98. The molecule has 0 bridgehead atoms. The molecule has 6 heteroatoms. The third-order valence-electron chi connectivity index (χ3n) is 4.33. The third kappa shape index (κ3) is 3.05. The first kappa shape index (κ1) is 17.0. The normalized spacial score (nSPS) is 18.5. The lowest BCUT2D eigenvalue weighted by Crippen LogP contribution is -2.30. The third-order valence-corrected chi connectivity index (χ3v) is 6.55. The molecule has 0 aromatic heterocycles. The summed E-state index contributed by atoms with van der Waals surface area (Å²) < 4.78 is 27.6. The minimum atomic E-state index is -3.65. The van der Waals surface area contributed by atoms with Crippen LogP contribution in [0.25, 0.3) is 0 Å². The van der Waals surface area contributed by atoms with Crippen molar-refractivity contribution in [2.45, 2.75) is 30.7 Å². The van der Waals surface area contributed by atoms with Crippen LogP contribution in [0.3, 0.4) is 0 Å². The predicted molar refractivity (Wildman–Crippen MR) is 93.2 cm³/mol. The molecule has 2 aromatic carbocycles. The van der Waals surface area contributed by atoms with E-state index in [2.05, 4.69) is 0 Å². The topological polar surface area (TPSA) is 61.2 Å². The van der Waals surface area contributed by atoms with Gasteiger partial charge in [-0.1, -0.05) is 41.4 Å². The average molecular weight is 361 g/mol. The standard InChI is InChI=1S/C18H17ClN2O2S/c1-13-4-6-14(7-5-13)18-3-2-10-21(18)24(22,23)16-9-8-15(12-20)17(19)11-16/h4-9,11,18H,2-3,10H2,1H3. The van der Waals surface area contributed by atoms with Gasteiger partial charge in [-0.15, -0.1) is 0 Å². The van der Waals surface area contributed by atoms with E-state index in [9.17, 15) is 8.42 Å². The molecule has 24 heavy (non-hydrogen) atoms. The number of halogens is 1. The van der Waals surface area contributed by atoms with Crippen molar-refractivity contribution in [3.63, 3.8) is 0 Å². The average Bonchev–Trinajstić information content (AvgIpc) is 3.06. The summed E-state index contributed by atoms with van der Waals surface area (Å²) in [6.45, 7) is 2.49. The highest BCUT2D eigenvalue weighted by molar-refractivity contribution is 7.89. The van der Waals surface area contributed by atoms with Crippen molar-refractivity contribution in [1.82, 2.24) is 4.31 Å². The van der Waals surface area contributed by atoms with Crippen molar-refractivity contribution in [3.05, 3.63) is 64.2 Å². The molecule has 1 aliphatic heterocycles. The summed E-state index contributed by atoms with van der Waals surface area (Å²) in [5.41, 5.74) is 2.42. The van der Waals surface area contributed by atoms with Crippen molar-refractivity contribution in [1.29, 1.82) is 5.26 Å². The number of rotatable bonds is 3. The zero-order chi connectivity index (χ0) is 17.3. The molecule has 1 heterocycles. The Morgan fingerprint density at radius 2 is 1.92 bits per heavy atom. The summed E-state index contributed by atoms with van der Waals surface area (Å²) in [5.74, 6) is 0. The molecule has 0 amide bonds. The van der Waals surface area contributed by atoms with Crippen LogP contribution < -0.4 is 0 Å². The number of hydrogen-bond donors (Lipinski definition) is 0. The van der Waals surface area contributed by atoms with Crippen LogP contribution in [0.2, 0.25) is 5.02 Å². The summed E-state index contributed by atoms with van der Waals surface area (Å²) >= 11 is 6.01. The van der Waals surface area contributed by atoms with Gasteiger partial charge >= 0.3 is 0 Å². The van der Waals surface area contributed by atoms with Crippen LogP contribution in [0.15, 0.2) is 47.4 Å². The summed E-state index contributed by atoms with van der Waals surface area (Å²) in [7, 11) is -3.65. The van der Waals surface area contributed by atoms with Gasteiger partial charge in [0.1, 0.15) is 6.07 Å². The van der Waals surface area contributed by atoms with Gasteiger partial charge in [-0.2, -0.15) is 9.57 Å². The minimum absolute atomic E-state index is 0.130. The van der Waals surface area contributed by atoms with Crippen LogP contribution >= 0.6 is 11.6 Å². The Morgan fingerprint density at radius 1 is 1.21 bits per heavy atom. The van der Waals surface area contributed by atoms with Crippen LogP contribution in [0, 0.1) is 18.3 Å². The van der Waals surface area contributed by atoms with Crippen LogP contribution in [0.5, 0.6) is 0 Å². The lowest BCUT2D eigenvalue weighted by atomic mass is 10.0.